The summed E-state index contributed by atoms with van der Waals surface area (Å²) in [4.78, 5) is 24.0. The summed E-state index contributed by atoms with van der Waals surface area (Å²) in [6.07, 6.45) is 0. The van der Waals surface area contributed by atoms with Gasteiger partial charge in [-0.3, -0.25) is 4.79 Å². The van der Waals surface area contributed by atoms with Crippen LogP contribution in [0.25, 0.3) is 10.8 Å². The van der Waals surface area contributed by atoms with E-state index in [9.17, 15) is 9.59 Å². The molecule has 0 bridgehead atoms. The van der Waals surface area contributed by atoms with Gasteiger partial charge in [0, 0.05) is 0 Å². The molecule has 0 aliphatic heterocycles. The fraction of sp³-hybridized carbons (Fsp3) is 0.192. The number of amides is 1. The Hall–Kier alpha value is -4.33. The summed E-state index contributed by atoms with van der Waals surface area (Å²) in [6, 6.07) is 18.2. The van der Waals surface area contributed by atoms with Crippen LogP contribution < -0.4 is 15.2 Å². The van der Waals surface area contributed by atoms with Crippen LogP contribution in [0.2, 0.25) is 0 Å². The molecule has 8 heteroatoms. The van der Waals surface area contributed by atoms with E-state index < -0.39 is 11.9 Å². The molecule has 0 saturated carbocycles. The molecule has 174 valence electrons. The van der Waals surface area contributed by atoms with Crippen LogP contribution in [0.5, 0.6) is 11.5 Å². The van der Waals surface area contributed by atoms with Crippen molar-refractivity contribution in [1.82, 2.24) is 5.16 Å². The van der Waals surface area contributed by atoms with Crippen LogP contribution >= 0.6 is 0 Å². The van der Waals surface area contributed by atoms with Crippen molar-refractivity contribution in [2.45, 2.75) is 27.1 Å². The number of carbonyl (C=O) groups is 2. The molecule has 8 nitrogen and oxygen atoms in total. The lowest BCUT2D eigenvalue weighted by Crippen LogP contribution is -2.20. The number of ether oxygens (including phenoxy) is 3. The first-order valence-corrected chi connectivity index (χ1v) is 10.6. The van der Waals surface area contributed by atoms with E-state index in [1.54, 1.807) is 30.3 Å². The lowest BCUT2D eigenvalue weighted by atomic mass is 10.1. The number of fused-ring (bicyclic) bond motifs is 1. The number of rotatable bonds is 9. The van der Waals surface area contributed by atoms with Crippen LogP contribution in [0.4, 0.5) is 0 Å². The molecular weight excluding hydrogens is 436 g/mol. The number of benzene rings is 3. The van der Waals surface area contributed by atoms with Gasteiger partial charge in [0.2, 0.25) is 0 Å². The number of esters is 1. The molecule has 0 saturated heterocycles. The van der Waals surface area contributed by atoms with E-state index in [2.05, 4.69) is 5.16 Å². The summed E-state index contributed by atoms with van der Waals surface area (Å²) in [6.45, 7) is 3.65. The fourth-order valence-electron chi connectivity index (χ4n) is 3.46. The molecule has 0 spiro atoms. The monoisotopic (exact) mass is 460 g/mol. The van der Waals surface area contributed by atoms with Gasteiger partial charge in [-0.1, -0.05) is 41.6 Å². The molecule has 2 N–H and O–H groups in total. The maximum absolute atomic E-state index is 13.1. The second-order valence-electron chi connectivity index (χ2n) is 7.77. The first-order valence-electron chi connectivity index (χ1n) is 10.6. The first-order chi connectivity index (χ1) is 16.4. The predicted octanol–water partition coefficient (Wildman–Crippen LogP) is 4.24. The van der Waals surface area contributed by atoms with Crippen molar-refractivity contribution in [1.29, 1.82) is 0 Å². The zero-order valence-corrected chi connectivity index (χ0v) is 18.9. The molecule has 0 atom stereocenters. The van der Waals surface area contributed by atoms with E-state index in [0.29, 0.717) is 28.4 Å². The summed E-state index contributed by atoms with van der Waals surface area (Å²) < 4.78 is 22.1. The number of hydrogen-bond acceptors (Lipinski definition) is 7. The zero-order chi connectivity index (χ0) is 24.1. The van der Waals surface area contributed by atoms with E-state index in [1.807, 2.05) is 44.2 Å². The third-order valence-corrected chi connectivity index (χ3v) is 5.27. The lowest BCUT2D eigenvalue weighted by Gasteiger charge is -2.13. The van der Waals surface area contributed by atoms with E-state index >= 15 is 0 Å². The molecule has 0 fully saturated rings. The van der Waals surface area contributed by atoms with Crippen LogP contribution in [0.15, 0.2) is 65.2 Å². The van der Waals surface area contributed by atoms with E-state index in [4.69, 9.17) is 24.5 Å². The third-order valence-electron chi connectivity index (χ3n) is 5.27. The number of carbonyl (C=O) groups excluding carboxylic acids is 2. The van der Waals surface area contributed by atoms with Gasteiger partial charge in [-0.25, -0.2) is 4.79 Å². The number of aromatic nitrogens is 1. The maximum atomic E-state index is 13.1. The van der Waals surface area contributed by atoms with Gasteiger partial charge in [0.25, 0.3) is 5.91 Å². The summed E-state index contributed by atoms with van der Waals surface area (Å²) in [5.41, 5.74) is 7.70. The van der Waals surface area contributed by atoms with Gasteiger partial charge in [-0.2, -0.15) is 0 Å². The summed E-state index contributed by atoms with van der Waals surface area (Å²) in [7, 11) is 0. The van der Waals surface area contributed by atoms with Crippen LogP contribution in [-0.4, -0.2) is 23.6 Å². The molecule has 0 aliphatic rings. The summed E-state index contributed by atoms with van der Waals surface area (Å²) >= 11 is 0. The average molecular weight is 460 g/mol. The molecular formula is C26H24N2O6. The molecule has 1 heterocycles. The maximum Gasteiger partial charge on any atom is 0.342 e. The van der Waals surface area contributed by atoms with Gasteiger partial charge in [-0.15, -0.1) is 0 Å². The van der Waals surface area contributed by atoms with Crippen molar-refractivity contribution < 1.29 is 28.3 Å². The molecule has 1 amide bonds. The van der Waals surface area contributed by atoms with Crippen LogP contribution in [0.3, 0.4) is 0 Å². The first kappa shape index (κ1) is 22.8. The highest BCUT2D eigenvalue weighted by molar-refractivity contribution is 5.98. The minimum atomic E-state index is -0.572. The minimum Gasteiger partial charge on any atom is -0.488 e. The Morgan fingerprint density at radius 2 is 1.71 bits per heavy atom. The summed E-state index contributed by atoms with van der Waals surface area (Å²) in [5, 5.41) is 5.77. The summed E-state index contributed by atoms with van der Waals surface area (Å²) in [5.74, 6) is 0.435. The normalized spacial score (nSPS) is 10.8. The van der Waals surface area contributed by atoms with Crippen molar-refractivity contribution in [3.8, 4) is 11.5 Å². The van der Waals surface area contributed by atoms with Gasteiger partial charge in [-0.05, 0) is 54.4 Å². The van der Waals surface area contributed by atoms with Gasteiger partial charge < -0.3 is 24.5 Å². The Morgan fingerprint density at radius 1 is 0.941 bits per heavy atom. The number of nitrogens with zero attached hydrogens (tertiary/aromatic N) is 1. The molecule has 0 radical (unpaired) electrons. The lowest BCUT2D eigenvalue weighted by molar-refractivity contribution is -0.119. The number of aryl methyl sites for hydroxylation is 2. The second-order valence-corrected chi connectivity index (χ2v) is 7.77. The zero-order valence-electron chi connectivity index (χ0n) is 18.9. The van der Waals surface area contributed by atoms with Gasteiger partial charge in [0.05, 0.1) is 11.3 Å². The highest BCUT2D eigenvalue weighted by Gasteiger charge is 2.18. The van der Waals surface area contributed by atoms with Gasteiger partial charge in [0.15, 0.2) is 6.61 Å². The average Bonchev–Trinajstić information content (AvgIpc) is 3.16. The van der Waals surface area contributed by atoms with Crippen LogP contribution in [-0.2, 0) is 22.7 Å². The highest BCUT2D eigenvalue weighted by Crippen LogP contribution is 2.29. The predicted molar refractivity (Wildman–Crippen MR) is 125 cm³/mol. The van der Waals surface area contributed by atoms with Crippen molar-refractivity contribution >= 4 is 22.6 Å². The highest BCUT2D eigenvalue weighted by atomic mass is 16.5. The number of primary amides is 1. The molecule has 0 unspecified atom stereocenters. The topological polar surface area (TPSA) is 114 Å². The Balaban J connectivity index is 1.53. The Labute approximate surface area is 196 Å². The molecule has 1 aromatic heterocycles. The molecule has 4 aromatic rings. The van der Waals surface area contributed by atoms with E-state index in [-0.39, 0.29) is 19.8 Å². The smallest absolute Gasteiger partial charge is 0.342 e. The van der Waals surface area contributed by atoms with Gasteiger partial charge >= 0.3 is 5.97 Å². The fourth-order valence-corrected chi connectivity index (χ4v) is 3.46. The van der Waals surface area contributed by atoms with Gasteiger partial charge in [0.1, 0.15) is 36.0 Å². The van der Waals surface area contributed by atoms with Crippen LogP contribution in [0, 0.1) is 13.8 Å². The number of hydrogen-bond donors (Lipinski definition) is 1. The standard InChI is InChI=1S/C26H24N2O6/c1-16-23(17(2)34-28-16)14-32-24-12-20-8-4-3-7-19(20)11-22(24)26(30)33-13-18-6-5-9-21(10-18)31-15-25(27)29/h3-12H,13-15H2,1-2H3,(H2,27,29). The van der Waals surface area contributed by atoms with Crippen molar-refractivity contribution in [2.24, 2.45) is 5.73 Å². The number of nitrogens with two attached hydrogens (primary N) is 1. The minimum absolute atomic E-state index is 0.0166. The molecule has 3 aromatic carbocycles. The van der Waals surface area contributed by atoms with Crippen molar-refractivity contribution in [3.05, 3.63) is 88.8 Å². The van der Waals surface area contributed by atoms with Crippen molar-refractivity contribution in [2.75, 3.05) is 6.61 Å². The second kappa shape index (κ2) is 10.1. The molecule has 0 aliphatic carbocycles. The Morgan fingerprint density at radius 3 is 2.41 bits per heavy atom. The Bertz CT molecular complexity index is 1320. The molecule has 34 heavy (non-hydrogen) atoms. The Kier molecular flexibility index (Phi) is 6.77. The van der Waals surface area contributed by atoms with Crippen molar-refractivity contribution in [3.63, 3.8) is 0 Å². The SMILES string of the molecule is Cc1noc(C)c1COc1cc2ccccc2cc1C(=O)OCc1cccc(OCC(N)=O)c1. The quantitative estimate of drug-likeness (QED) is 0.372. The van der Waals surface area contributed by atoms with Crippen LogP contribution in [0.1, 0.15) is 32.9 Å². The van der Waals surface area contributed by atoms with E-state index in [1.165, 1.54) is 0 Å². The largest absolute Gasteiger partial charge is 0.488 e. The third kappa shape index (κ3) is 5.35. The van der Waals surface area contributed by atoms with E-state index in [0.717, 1.165) is 22.0 Å². The molecule has 4 rings (SSSR count).